The molecule has 11 heteroatoms. The molecule has 3 aromatic rings. The van der Waals surface area contributed by atoms with E-state index in [2.05, 4.69) is 31.8 Å². The van der Waals surface area contributed by atoms with Crippen molar-refractivity contribution in [3.63, 3.8) is 0 Å². The van der Waals surface area contributed by atoms with Gasteiger partial charge in [-0.05, 0) is 32.6 Å². The van der Waals surface area contributed by atoms with Gasteiger partial charge in [0.05, 0.1) is 50.6 Å². The van der Waals surface area contributed by atoms with Crippen LogP contribution in [0.25, 0.3) is 11.2 Å². The molecular weight excluding hydrogens is 450 g/mol. The minimum atomic E-state index is -0.303. The maximum absolute atomic E-state index is 12.3. The Morgan fingerprint density at radius 3 is 2.23 bits per heavy atom. The molecule has 0 aliphatic carbocycles. The van der Waals surface area contributed by atoms with Crippen LogP contribution in [0.2, 0.25) is 0 Å². The summed E-state index contributed by atoms with van der Waals surface area (Å²) in [7, 11) is 0. The number of ether oxygens (including phenoxy) is 3. The van der Waals surface area contributed by atoms with Gasteiger partial charge in [0.1, 0.15) is 11.3 Å². The van der Waals surface area contributed by atoms with Gasteiger partial charge >= 0.3 is 5.69 Å². The van der Waals surface area contributed by atoms with E-state index in [4.69, 9.17) is 19.9 Å². The zero-order valence-electron chi connectivity index (χ0n) is 20.8. The van der Waals surface area contributed by atoms with E-state index < -0.39 is 0 Å². The number of nitrogens with zero attached hydrogens (tertiary/aromatic N) is 5. The molecule has 0 atom stereocenters. The van der Waals surface area contributed by atoms with Crippen molar-refractivity contribution < 1.29 is 14.2 Å². The first-order valence-electron chi connectivity index (χ1n) is 12.3. The van der Waals surface area contributed by atoms with E-state index in [1.54, 1.807) is 19.3 Å². The topological polar surface area (TPSA) is 143 Å². The Morgan fingerprint density at radius 1 is 0.886 bits per heavy atom. The predicted molar refractivity (Wildman–Crippen MR) is 133 cm³/mol. The summed E-state index contributed by atoms with van der Waals surface area (Å²) in [6, 6.07) is 0. The van der Waals surface area contributed by atoms with Crippen LogP contribution in [0.3, 0.4) is 0 Å². The summed E-state index contributed by atoms with van der Waals surface area (Å²) < 4.78 is 18.0. The van der Waals surface area contributed by atoms with Gasteiger partial charge in [-0.2, -0.15) is 0 Å². The van der Waals surface area contributed by atoms with Crippen LogP contribution in [-0.2, 0) is 27.2 Å². The lowest BCUT2D eigenvalue weighted by molar-refractivity contribution is 0.0134. The number of aromatic nitrogens is 6. The van der Waals surface area contributed by atoms with Crippen molar-refractivity contribution >= 4 is 17.0 Å². The van der Waals surface area contributed by atoms with Gasteiger partial charge in [-0.15, -0.1) is 0 Å². The Hall–Kier alpha value is -2.89. The van der Waals surface area contributed by atoms with E-state index in [1.807, 2.05) is 0 Å². The maximum atomic E-state index is 12.3. The van der Waals surface area contributed by atoms with Gasteiger partial charge in [0, 0.05) is 19.4 Å². The molecule has 0 saturated carbocycles. The Kier molecular flexibility index (Phi) is 11.1. The van der Waals surface area contributed by atoms with Crippen molar-refractivity contribution in [2.24, 2.45) is 0 Å². The van der Waals surface area contributed by atoms with E-state index in [0.29, 0.717) is 49.1 Å². The number of nitrogens with one attached hydrogen (secondary N) is 1. The van der Waals surface area contributed by atoms with Crippen molar-refractivity contribution in [1.82, 2.24) is 29.5 Å². The molecule has 0 fully saturated rings. The lowest BCUT2D eigenvalue weighted by Gasteiger charge is -2.07. The molecule has 0 aromatic carbocycles. The second kappa shape index (κ2) is 14.5. The smallest absolute Gasteiger partial charge is 0.328 e. The third-order valence-electron chi connectivity index (χ3n) is 5.45. The Bertz CT molecular complexity index is 1080. The number of hydrogen-bond acceptors (Lipinski definition) is 9. The maximum Gasteiger partial charge on any atom is 0.328 e. The number of aromatic amines is 1. The van der Waals surface area contributed by atoms with Crippen LogP contribution >= 0.6 is 0 Å². The molecule has 3 N–H and O–H groups in total. The van der Waals surface area contributed by atoms with Crippen LogP contribution in [0, 0.1) is 6.92 Å². The van der Waals surface area contributed by atoms with Crippen LogP contribution in [0.5, 0.6) is 0 Å². The summed E-state index contributed by atoms with van der Waals surface area (Å²) in [4.78, 5) is 32.5. The molecule has 0 saturated heterocycles. The van der Waals surface area contributed by atoms with Gasteiger partial charge in [-0.25, -0.2) is 14.8 Å². The summed E-state index contributed by atoms with van der Waals surface area (Å²) in [5.41, 5.74) is 8.11. The van der Waals surface area contributed by atoms with Gasteiger partial charge in [0.25, 0.3) is 0 Å². The first-order chi connectivity index (χ1) is 17.1. The Labute approximate surface area is 205 Å². The second-order valence-electron chi connectivity index (χ2n) is 8.37. The standard InChI is InChI=1S/C24H37N7O4/c1-3-4-9-33-11-13-35-14-12-34-10-7-5-6-8-19-15-27-20(16-26-19)17-31-23-21(30-24(31)32)22(25)28-18(2)29-23/h15-16H,3-14,17H2,1-2H3,(H,30,32)(H2,25,28,29). The van der Waals surface area contributed by atoms with Crippen molar-refractivity contribution in [2.75, 3.05) is 45.4 Å². The van der Waals surface area contributed by atoms with Gasteiger partial charge in [-0.1, -0.05) is 19.8 Å². The number of anilines is 1. The molecular formula is C24H37N7O4. The number of H-pyrrole nitrogens is 1. The second-order valence-corrected chi connectivity index (χ2v) is 8.37. The highest BCUT2D eigenvalue weighted by atomic mass is 16.5. The fourth-order valence-corrected chi connectivity index (χ4v) is 3.54. The van der Waals surface area contributed by atoms with Crippen LogP contribution in [0.1, 0.15) is 56.2 Å². The zero-order valence-corrected chi connectivity index (χ0v) is 20.8. The lowest BCUT2D eigenvalue weighted by atomic mass is 10.1. The van der Waals surface area contributed by atoms with Gasteiger partial charge in [0.2, 0.25) is 0 Å². The van der Waals surface area contributed by atoms with Crippen LogP contribution in [0.15, 0.2) is 17.2 Å². The van der Waals surface area contributed by atoms with Crippen LogP contribution in [0.4, 0.5) is 5.82 Å². The van der Waals surface area contributed by atoms with E-state index in [9.17, 15) is 4.79 Å². The molecule has 0 amide bonds. The molecule has 0 aliphatic heterocycles. The molecule has 0 radical (unpaired) electrons. The minimum Gasteiger partial charge on any atom is -0.382 e. The fraction of sp³-hybridized carbons (Fsp3) is 0.625. The van der Waals surface area contributed by atoms with Crippen molar-refractivity contribution in [1.29, 1.82) is 0 Å². The Balaban J connectivity index is 1.29. The van der Waals surface area contributed by atoms with Crippen molar-refractivity contribution in [3.8, 4) is 0 Å². The number of hydrogen-bond donors (Lipinski definition) is 2. The van der Waals surface area contributed by atoms with Gasteiger partial charge < -0.3 is 24.9 Å². The molecule has 3 aromatic heterocycles. The molecule has 35 heavy (non-hydrogen) atoms. The summed E-state index contributed by atoms with van der Waals surface area (Å²) in [5.74, 6) is 0.762. The van der Waals surface area contributed by atoms with Crippen molar-refractivity contribution in [2.45, 2.75) is 58.9 Å². The molecule has 11 nitrogen and oxygen atoms in total. The number of fused-ring (bicyclic) bond motifs is 1. The SMILES string of the molecule is CCCCOCCOCCOCCCCCc1cnc(Cn2c(=O)[nH]c3c(N)nc(C)nc32)cn1. The highest BCUT2D eigenvalue weighted by molar-refractivity contribution is 5.81. The number of imidazole rings is 1. The highest BCUT2D eigenvalue weighted by Gasteiger charge is 2.13. The van der Waals surface area contributed by atoms with E-state index in [-0.39, 0.29) is 18.1 Å². The third kappa shape index (κ3) is 8.68. The first-order valence-corrected chi connectivity index (χ1v) is 12.3. The Morgan fingerprint density at radius 2 is 1.54 bits per heavy atom. The molecule has 0 unspecified atom stereocenters. The highest BCUT2D eigenvalue weighted by Crippen LogP contribution is 2.14. The molecule has 3 heterocycles. The molecule has 3 rings (SSSR count). The largest absolute Gasteiger partial charge is 0.382 e. The zero-order chi connectivity index (χ0) is 24.9. The minimum absolute atomic E-state index is 0.256. The van der Waals surface area contributed by atoms with E-state index in [0.717, 1.165) is 57.4 Å². The summed E-state index contributed by atoms with van der Waals surface area (Å²) >= 11 is 0. The van der Waals surface area contributed by atoms with Gasteiger partial charge in [0.15, 0.2) is 11.5 Å². The quantitative estimate of drug-likeness (QED) is 0.274. The lowest BCUT2D eigenvalue weighted by Crippen LogP contribution is -2.18. The molecule has 192 valence electrons. The van der Waals surface area contributed by atoms with E-state index >= 15 is 0 Å². The number of nitrogens with two attached hydrogens (primary N) is 1. The number of nitrogen functional groups attached to an aromatic ring is 1. The molecule has 0 spiro atoms. The molecule has 0 bridgehead atoms. The first kappa shape index (κ1) is 26.7. The van der Waals surface area contributed by atoms with Crippen molar-refractivity contribution in [3.05, 3.63) is 40.1 Å². The number of unbranched alkanes of at least 4 members (excludes halogenated alkanes) is 3. The summed E-state index contributed by atoms with van der Waals surface area (Å²) in [6.07, 6.45) is 9.64. The van der Waals surface area contributed by atoms with Gasteiger partial charge in [-0.3, -0.25) is 14.5 Å². The number of aryl methyl sites for hydroxylation is 2. The third-order valence-corrected chi connectivity index (χ3v) is 5.45. The van der Waals surface area contributed by atoms with E-state index in [1.165, 1.54) is 4.57 Å². The average Bonchev–Trinajstić information content (AvgIpc) is 3.15. The summed E-state index contributed by atoms with van der Waals surface area (Å²) in [5, 5.41) is 0. The predicted octanol–water partition coefficient (Wildman–Crippen LogP) is 2.41. The molecule has 0 aliphatic rings. The summed E-state index contributed by atoms with van der Waals surface area (Å²) in [6.45, 7) is 8.16. The van der Waals surface area contributed by atoms with Crippen LogP contribution < -0.4 is 11.4 Å². The normalized spacial score (nSPS) is 11.5. The monoisotopic (exact) mass is 487 g/mol. The number of rotatable bonds is 17. The average molecular weight is 488 g/mol. The van der Waals surface area contributed by atoms with Crippen LogP contribution in [-0.4, -0.2) is 69.1 Å². The fourth-order valence-electron chi connectivity index (χ4n) is 3.54.